The Kier molecular flexibility index (Phi) is 5.44. The largest absolute Gasteiger partial charge is 0.241 e. The van der Waals surface area contributed by atoms with Crippen molar-refractivity contribution in [2.75, 3.05) is 0 Å². The molecule has 0 aliphatic heterocycles. The third kappa shape index (κ3) is 4.41. The van der Waals surface area contributed by atoms with Gasteiger partial charge in [0.15, 0.2) is 0 Å². The number of rotatable bonds is 6. The van der Waals surface area contributed by atoms with E-state index in [0.717, 1.165) is 12.0 Å². The zero-order valence-corrected chi connectivity index (χ0v) is 15.1. The second-order valence-corrected chi connectivity index (χ2v) is 8.73. The molecule has 130 valence electrons. The number of sulfonamides is 2. The smallest absolute Gasteiger partial charge is 0.225 e. The molecule has 8 heteroatoms. The lowest BCUT2D eigenvalue weighted by Gasteiger charge is -2.15. The summed E-state index contributed by atoms with van der Waals surface area (Å²) in [5.74, 6) is 0. The molecule has 0 heterocycles. The van der Waals surface area contributed by atoms with Gasteiger partial charge in [0.05, 0.1) is 9.79 Å². The lowest BCUT2D eigenvalue weighted by Crippen LogP contribution is -2.27. The first-order valence-corrected chi connectivity index (χ1v) is 10.4. The molecular weight excluding hydrogens is 348 g/mol. The van der Waals surface area contributed by atoms with Gasteiger partial charge in [-0.2, -0.15) is 0 Å². The predicted molar refractivity (Wildman–Crippen MR) is 92.4 cm³/mol. The summed E-state index contributed by atoms with van der Waals surface area (Å²) in [6, 6.07) is 12.0. The molecule has 0 bridgehead atoms. The molecule has 0 aliphatic rings. The van der Waals surface area contributed by atoms with Crippen molar-refractivity contribution < 1.29 is 16.8 Å². The van der Waals surface area contributed by atoms with Crippen LogP contribution < -0.4 is 9.86 Å². The normalized spacial score (nSPS) is 13.6. The zero-order valence-electron chi connectivity index (χ0n) is 13.4. The molecule has 1 atom stereocenters. The average molecular weight is 368 g/mol. The highest BCUT2D eigenvalue weighted by atomic mass is 32.2. The summed E-state index contributed by atoms with van der Waals surface area (Å²) >= 11 is 0. The van der Waals surface area contributed by atoms with Crippen LogP contribution in [0.25, 0.3) is 0 Å². The van der Waals surface area contributed by atoms with E-state index in [1.165, 1.54) is 29.8 Å². The van der Waals surface area contributed by atoms with Gasteiger partial charge in [-0.3, -0.25) is 0 Å². The number of primary sulfonamides is 1. The first kappa shape index (κ1) is 18.6. The van der Waals surface area contributed by atoms with E-state index in [-0.39, 0.29) is 9.79 Å². The number of benzene rings is 2. The highest BCUT2D eigenvalue weighted by Gasteiger charge is 2.19. The Labute approximate surface area is 142 Å². The summed E-state index contributed by atoms with van der Waals surface area (Å²) < 4.78 is 49.8. The summed E-state index contributed by atoms with van der Waals surface area (Å²) in [7, 11) is -7.62. The molecule has 24 heavy (non-hydrogen) atoms. The Balaban J connectivity index is 2.20. The standard InChI is InChI=1S/C16H20N2O4S2/c1-3-13-4-6-14(7-5-13)12(2)18-24(21,22)16-10-8-15(9-11-16)23(17,19)20/h4-12,18H,3H2,1-2H3,(H2,17,19,20). The number of nitrogens with two attached hydrogens (primary N) is 1. The maximum Gasteiger partial charge on any atom is 0.241 e. The van der Waals surface area contributed by atoms with Crippen molar-refractivity contribution in [3.05, 3.63) is 59.7 Å². The van der Waals surface area contributed by atoms with E-state index in [9.17, 15) is 16.8 Å². The van der Waals surface area contributed by atoms with E-state index in [4.69, 9.17) is 5.14 Å². The molecule has 2 aromatic carbocycles. The molecule has 0 spiro atoms. The number of aryl methyl sites for hydroxylation is 1. The van der Waals surface area contributed by atoms with Crippen molar-refractivity contribution in [3.8, 4) is 0 Å². The lowest BCUT2D eigenvalue weighted by atomic mass is 10.1. The summed E-state index contributed by atoms with van der Waals surface area (Å²) in [4.78, 5) is -0.156. The van der Waals surface area contributed by atoms with Crippen LogP contribution in [0.5, 0.6) is 0 Å². The third-order valence-corrected chi connectivity index (χ3v) is 6.17. The summed E-state index contributed by atoms with van der Waals surface area (Å²) in [5, 5.41) is 5.00. The van der Waals surface area contributed by atoms with Crippen LogP contribution in [0.2, 0.25) is 0 Å². The molecule has 0 aromatic heterocycles. The van der Waals surface area contributed by atoms with Gasteiger partial charge in [-0.05, 0) is 48.7 Å². The lowest BCUT2D eigenvalue weighted by molar-refractivity contribution is 0.566. The Morgan fingerprint density at radius 1 is 0.917 bits per heavy atom. The van der Waals surface area contributed by atoms with Gasteiger partial charge in [0.1, 0.15) is 0 Å². The second kappa shape index (κ2) is 7.02. The maximum atomic E-state index is 12.4. The SMILES string of the molecule is CCc1ccc(C(C)NS(=O)(=O)c2ccc(S(N)(=O)=O)cc2)cc1. The second-order valence-electron chi connectivity index (χ2n) is 5.45. The molecule has 6 nitrogen and oxygen atoms in total. The first-order valence-electron chi connectivity index (χ1n) is 7.37. The van der Waals surface area contributed by atoms with Crippen LogP contribution in [0, 0.1) is 0 Å². The predicted octanol–water partition coefficient (Wildman–Crippen LogP) is 1.94. The van der Waals surface area contributed by atoms with Crippen molar-refractivity contribution in [1.29, 1.82) is 0 Å². The van der Waals surface area contributed by atoms with E-state index in [1.54, 1.807) is 6.92 Å². The Morgan fingerprint density at radius 3 is 1.88 bits per heavy atom. The first-order chi connectivity index (χ1) is 11.1. The Bertz CT molecular complexity index is 904. The van der Waals surface area contributed by atoms with Crippen LogP contribution in [0.1, 0.15) is 31.0 Å². The van der Waals surface area contributed by atoms with Crippen LogP contribution >= 0.6 is 0 Å². The quantitative estimate of drug-likeness (QED) is 0.812. The topological polar surface area (TPSA) is 106 Å². The fourth-order valence-corrected chi connectivity index (χ4v) is 3.97. The van der Waals surface area contributed by atoms with Gasteiger partial charge >= 0.3 is 0 Å². The molecule has 0 saturated carbocycles. The molecule has 0 radical (unpaired) electrons. The Morgan fingerprint density at radius 2 is 1.42 bits per heavy atom. The highest BCUT2D eigenvalue weighted by Crippen LogP contribution is 2.19. The minimum Gasteiger partial charge on any atom is -0.225 e. The Hall–Kier alpha value is -1.74. The van der Waals surface area contributed by atoms with Crippen LogP contribution in [0.4, 0.5) is 0 Å². The maximum absolute atomic E-state index is 12.4. The van der Waals surface area contributed by atoms with Crippen LogP contribution in [-0.2, 0) is 26.5 Å². The van der Waals surface area contributed by atoms with Gasteiger partial charge in [-0.1, -0.05) is 31.2 Å². The number of hydrogen-bond donors (Lipinski definition) is 2. The molecule has 0 amide bonds. The van der Waals surface area contributed by atoms with Gasteiger partial charge < -0.3 is 0 Å². The molecule has 3 N–H and O–H groups in total. The van der Waals surface area contributed by atoms with Crippen molar-refractivity contribution >= 4 is 20.0 Å². The zero-order chi connectivity index (χ0) is 18.0. The number of nitrogens with one attached hydrogen (secondary N) is 1. The molecule has 0 saturated heterocycles. The van der Waals surface area contributed by atoms with Crippen LogP contribution in [-0.4, -0.2) is 16.8 Å². The monoisotopic (exact) mass is 368 g/mol. The number of hydrogen-bond acceptors (Lipinski definition) is 4. The van der Waals surface area contributed by atoms with Gasteiger partial charge in [0.2, 0.25) is 20.0 Å². The fraction of sp³-hybridized carbons (Fsp3) is 0.250. The van der Waals surface area contributed by atoms with Crippen molar-refractivity contribution in [2.45, 2.75) is 36.1 Å². The van der Waals surface area contributed by atoms with Crippen molar-refractivity contribution in [2.24, 2.45) is 5.14 Å². The summed E-state index contributed by atoms with van der Waals surface area (Å²) in [5.41, 5.74) is 2.02. The van der Waals surface area contributed by atoms with Gasteiger partial charge in [-0.15, -0.1) is 0 Å². The average Bonchev–Trinajstić information content (AvgIpc) is 2.54. The molecule has 1 unspecified atom stereocenters. The van der Waals surface area contributed by atoms with E-state index in [0.29, 0.717) is 0 Å². The third-order valence-electron chi connectivity index (χ3n) is 3.68. The molecule has 0 fully saturated rings. The van der Waals surface area contributed by atoms with Crippen molar-refractivity contribution in [3.63, 3.8) is 0 Å². The minimum absolute atomic E-state index is 0.0214. The van der Waals surface area contributed by atoms with Crippen molar-refractivity contribution in [1.82, 2.24) is 4.72 Å². The summed E-state index contributed by atoms with van der Waals surface area (Å²) in [6.07, 6.45) is 0.913. The minimum atomic E-state index is -3.85. The molecule has 2 rings (SSSR count). The molecular formula is C16H20N2O4S2. The van der Waals surface area contributed by atoms with Crippen LogP contribution in [0.15, 0.2) is 58.3 Å². The van der Waals surface area contributed by atoms with E-state index in [2.05, 4.69) is 4.72 Å². The summed E-state index contributed by atoms with van der Waals surface area (Å²) in [6.45, 7) is 3.80. The highest BCUT2D eigenvalue weighted by molar-refractivity contribution is 7.89. The van der Waals surface area contributed by atoms with Gasteiger partial charge in [-0.25, -0.2) is 26.7 Å². The molecule has 2 aromatic rings. The van der Waals surface area contributed by atoms with Gasteiger partial charge in [0, 0.05) is 6.04 Å². The van der Waals surface area contributed by atoms with E-state index < -0.39 is 26.1 Å². The fourth-order valence-electron chi connectivity index (χ4n) is 2.22. The van der Waals surface area contributed by atoms with E-state index in [1.807, 2.05) is 31.2 Å². The van der Waals surface area contributed by atoms with E-state index >= 15 is 0 Å². The van der Waals surface area contributed by atoms with Crippen LogP contribution in [0.3, 0.4) is 0 Å². The molecule has 0 aliphatic carbocycles. The van der Waals surface area contributed by atoms with Gasteiger partial charge in [0.25, 0.3) is 0 Å².